The highest BCUT2D eigenvalue weighted by Gasteiger charge is 2.15. The Morgan fingerprint density at radius 1 is 0.880 bits per heavy atom. The molecule has 0 aliphatic rings. The number of rotatable bonds is 1. The molecule has 25 heavy (non-hydrogen) atoms. The summed E-state index contributed by atoms with van der Waals surface area (Å²) in [5.74, 6) is 7.52. The second-order valence-corrected chi connectivity index (χ2v) is 5.71. The molecule has 0 saturated heterocycles. The predicted molar refractivity (Wildman–Crippen MR) is 96.7 cm³/mol. The Kier molecular flexibility index (Phi) is 3.58. The van der Waals surface area contributed by atoms with Gasteiger partial charge in [0.05, 0.1) is 24.0 Å². The van der Waals surface area contributed by atoms with E-state index in [9.17, 15) is 0 Å². The summed E-state index contributed by atoms with van der Waals surface area (Å²) in [7, 11) is 1.60. The SMILES string of the molecule is COc1ccc2nc(C)c3c(C)nc(C#Cc4ccccc4)n3c2n1. The van der Waals surface area contributed by atoms with E-state index in [4.69, 9.17) is 4.74 Å². The van der Waals surface area contributed by atoms with Crippen LogP contribution in [0.3, 0.4) is 0 Å². The molecule has 0 unspecified atom stereocenters. The molecule has 0 aliphatic carbocycles. The van der Waals surface area contributed by atoms with Crippen molar-refractivity contribution in [1.29, 1.82) is 0 Å². The van der Waals surface area contributed by atoms with Gasteiger partial charge in [-0.1, -0.05) is 24.1 Å². The van der Waals surface area contributed by atoms with Gasteiger partial charge in [0.25, 0.3) is 0 Å². The molecule has 122 valence electrons. The lowest BCUT2D eigenvalue weighted by atomic mass is 10.2. The highest BCUT2D eigenvalue weighted by atomic mass is 16.5. The third-order valence-electron chi connectivity index (χ3n) is 4.02. The third-order valence-corrected chi connectivity index (χ3v) is 4.02. The van der Waals surface area contributed by atoms with Gasteiger partial charge in [-0.2, -0.15) is 4.98 Å². The number of imidazole rings is 1. The Bertz CT molecular complexity index is 1150. The lowest BCUT2D eigenvalue weighted by molar-refractivity contribution is 0.399. The van der Waals surface area contributed by atoms with Gasteiger partial charge < -0.3 is 4.74 Å². The molecule has 0 N–H and O–H groups in total. The first-order valence-electron chi connectivity index (χ1n) is 7.95. The number of benzene rings is 1. The molecule has 0 spiro atoms. The van der Waals surface area contributed by atoms with Crippen LogP contribution in [0.2, 0.25) is 0 Å². The number of pyridine rings is 1. The van der Waals surface area contributed by atoms with Gasteiger partial charge in [0.2, 0.25) is 5.88 Å². The van der Waals surface area contributed by atoms with Gasteiger partial charge in [-0.05, 0) is 38.0 Å². The highest BCUT2D eigenvalue weighted by molar-refractivity contribution is 5.78. The maximum Gasteiger partial charge on any atom is 0.215 e. The quantitative estimate of drug-likeness (QED) is 0.503. The van der Waals surface area contributed by atoms with Crippen molar-refractivity contribution in [2.45, 2.75) is 13.8 Å². The fourth-order valence-electron chi connectivity index (χ4n) is 2.92. The summed E-state index contributed by atoms with van der Waals surface area (Å²) in [6.45, 7) is 3.94. The molecule has 3 aromatic heterocycles. The second kappa shape index (κ2) is 5.91. The minimum absolute atomic E-state index is 0.535. The first kappa shape index (κ1) is 15.2. The predicted octanol–water partition coefficient (Wildman–Crippen LogP) is 3.30. The van der Waals surface area contributed by atoms with Gasteiger partial charge in [0.15, 0.2) is 11.5 Å². The number of nitrogens with zero attached hydrogens (tertiary/aromatic N) is 4. The molecule has 1 aromatic carbocycles. The molecule has 0 bridgehead atoms. The number of methoxy groups -OCH3 is 1. The minimum Gasteiger partial charge on any atom is -0.481 e. The highest BCUT2D eigenvalue weighted by Crippen LogP contribution is 2.23. The van der Waals surface area contributed by atoms with E-state index in [1.165, 1.54) is 0 Å². The first-order valence-corrected chi connectivity index (χ1v) is 7.95. The van der Waals surface area contributed by atoms with Gasteiger partial charge in [-0.3, -0.25) is 4.40 Å². The van der Waals surface area contributed by atoms with Crippen molar-refractivity contribution in [3.8, 4) is 17.7 Å². The maximum absolute atomic E-state index is 5.27. The van der Waals surface area contributed by atoms with Crippen molar-refractivity contribution in [3.05, 3.63) is 65.2 Å². The first-order chi connectivity index (χ1) is 12.2. The summed E-state index contributed by atoms with van der Waals surface area (Å²) in [5.41, 5.74) is 5.14. The van der Waals surface area contributed by atoms with Crippen LogP contribution in [0, 0.1) is 25.7 Å². The number of ether oxygens (including phenoxy) is 1. The number of aromatic nitrogens is 4. The van der Waals surface area contributed by atoms with Crippen LogP contribution in [0.4, 0.5) is 0 Å². The lowest BCUT2D eigenvalue weighted by Crippen LogP contribution is -2.01. The monoisotopic (exact) mass is 328 g/mol. The van der Waals surface area contributed by atoms with E-state index in [2.05, 4.69) is 26.8 Å². The molecule has 0 radical (unpaired) electrons. The van der Waals surface area contributed by atoms with E-state index in [0.29, 0.717) is 17.4 Å². The summed E-state index contributed by atoms with van der Waals surface area (Å²) >= 11 is 0. The standard InChI is InChI=1S/C20H16N4O/c1-13-19-14(2)22-17(11-9-15-7-5-4-6-8-15)24(19)20-16(21-13)10-12-18(23-20)25-3/h4-8,10,12H,1-3H3. The molecular formula is C20H16N4O. The van der Waals surface area contributed by atoms with Crippen molar-refractivity contribution >= 4 is 16.7 Å². The Labute approximate surface area is 145 Å². The zero-order valence-corrected chi connectivity index (χ0v) is 14.2. The topological polar surface area (TPSA) is 52.3 Å². The van der Waals surface area contributed by atoms with E-state index in [1.54, 1.807) is 13.2 Å². The van der Waals surface area contributed by atoms with Crippen molar-refractivity contribution in [3.63, 3.8) is 0 Å². The minimum atomic E-state index is 0.535. The van der Waals surface area contributed by atoms with E-state index < -0.39 is 0 Å². The van der Waals surface area contributed by atoms with Gasteiger partial charge in [0.1, 0.15) is 5.52 Å². The van der Waals surface area contributed by atoms with Crippen molar-refractivity contribution in [2.75, 3.05) is 7.11 Å². The Balaban J connectivity index is 2.03. The largest absolute Gasteiger partial charge is 0.481 e. The average molecular weight is 328 g/mol. The van der Waals surface area contributed by atoms with Gasteiger partial charge in [0, 0.05) is 11.6 Å². The Morgan fingerprint density at radius 2 is 1.64 bits per heavy atom. The molecule has 0 aliphatic heterocycles. The zero-order valence-electron chi connectivity index (χ0n) is 14.2. The van der Waals surface area contributed by atoms with Crippen molar-refractivity contribution in [1.82, 2.24) is 19.4 Å². The van der Waals surface area contributed by atoms with Crippen LogP contribution >= 0.6 is 0 Å². The average Bonchev–Trinajstić information content (AvgIpc) is 2.98. The summed E-state index contributed by atoms with van der Waals surface area (Å²) in [6, 6.07) is 13.6. The third kappa shape index (κ3) is 2.58. The van der Waals surface area contributed by atoms with Gasteiger partial charge >= 0.3 is 0 Å². The van der Waals surface area contributed by atoms with Crippen LogP contribution in [0.15, 0.2) is 42.5 Å². The molecule has 5 heteroatoms. The van der Waals surface area contributed by atoms with Gasteiger partial charge in [-0.25, -0.2) is 9.97 Å². The molecule has 4 rings (SSSR count). The summed E-state index contributed by atoms with van der Waals surface area (Å²) in [6.07, 6.45) is 0. The van der Waals surface area contributed by atoms with Crippen molar-refractivity contribution < 1.29 is 4.74 Å². The zero-order chi connectivity index (χ0) is 17.4. The maximum atomic E-state index is 5.27. The molecule has 0 saturated carbocycles. The van der Waals surface area contributed by atoms with Crippen molar-refractivity contribution in [2.24, 2.45) is 0 Å². The fourth-order valence-corrected chi connectivity index (χ4v) is 2.92. The van der Waals surface area contributed by atoms with Crippen LogP contribution in [0.1, 0.15) is 22.8 Å². The van der Waals surface area contributed by atoms with Crippen LogP contribution in [-0.4, -0.2) is 26.5 Å². The number of aryl methyl sites for hydroxylation is 2. The molecule has 3 heterocycles. The van der Waals surface area contributed by atoms with Crippen LogP contribution in [-0.2, 0) is 0 Å². The number of fused-ring (bicyclic) bond motifs is 3. The lowest BCUT2D eigenvalue weighted by Gasteiger charge is -2.07. The van der Waals surface area contributed by atoms with E-state index >= 15 is 0 Å². The number of hydrogen-bond acceptors (Lipinski definition) is 4. The molecular weight excluding hydrogens is 312 g/mol. The van der Waals surface area contributed by atoms with E-state index in [0.717, 1.165) is 28.0 Å². The molecule has 0 atom stereocenters. The molecule has 5 nitrogen and oxygen atoms in total. The van der Waals surface area contributed by atoms with Crippen LogP contribution < -0.4 is 4.74 Å². The van der Waals surface area contributed by atoms with Gasteiger partial charge in [-0.15, -0.1) is 0 Å². The second-order valence-electron chi connectivity index (χ2n) is 5.71. The molecule has 0 amide bonds. The Hall–Kier alpha value is -3.39. The van der Waals surface area contributed by atoms with E-state index in [1.807, 2.05) is 54.6 Å². The normalized spacial score (nSPS) is 10.7. The Morgan fingerprint density at radius 3 is 2.40 bits per heavy atom. The smallest absolute Gasteiger partial charge is 0.215 e. The fraction of sp³-hybridized carbons (Fsp3) is 0.150. The number of hydrogen-bond donors (Lipinski definition) is 0. The van der Waals surface area contributed by atoms with Crippen LogP contribution in [0.25, 0.3) is 16.7 Å². The summed E-state index contributed by atoms with van der Waals surface area (Å²) in [4.78, 5) is 13.8. The summed E-state index contributed by atoms with van der Waals surface area (Å²) < 4.78 is 7.23. The molecule has 4 aromatic rings. The summed E-state index contributed by atoms with van der Waals surface area (Å²) in [5, 5.41) is 0. The van der Waals surface area contributed by atoms with Crippen LogP contribution in [0.5, 0.6) is 5.88 Å². The molecule has 0 fully saturated rings. The van der Waals surface area contributed by atoms with E-state index in [-0.39, 0.29) is 0 Å².